The van der Waals surface area contributed by atoms with Crippen molar-refractivity contribution in [1.29, 1.82) is 0 Å². The predicted molar refractivity (Wildman–Crippen MR) is 61.5 cm³/mol. The second-order valence-corrected chi connectivity index (χ2v) is 4.94. The molecular weight excluding hydrogens is 222 g/mol. The van der Waals surface area contributed by atoms with E-state index in [0.29, 0.717) is 18.9 Å². The molecule has 2 aliphatic rings. The monoisotopic (exact) mass is 243 g/mol. The summed E-state index contributed by atoms with van der Waals surface area (Å²) in [5.74, 6) is 0.342. The van der Waals surface area contributed by atoms with Gasteiger partial charge in [-0.1, -0.05) is 0 Å². The third kappa shape index (κ3) is 3.18. The lowest BCUT2D eigenvalue weighted by atomic mass is 9.99. The lowest BCUT2D eigenvalue weighted by Gasteiger charge is -2.29. The molecule has 5 nitrogen and oxygen atoms in total. The van der Waals surface area contributed by atoms with Crippen LogP contribution in [0.15, 0.2) is 0 Å². The first kappa shape index (κ1) is 12.8. The first-order chi connectivity index (χ1) is 8.20. The van der Waals surface area contributed by atoms with Gasteiger partial charge in [-0.05, 0) is 18.8 Å². The van der Waals surface area contributed by atoms with Crippen molar-refractivity contribution in [2.75, 3.05) is 33.4 Å². The molecule has 17 heavy (non-hydrogen) atoms. The summed E-state index contributed by atoms with van der Waals surface area (Å²) in [4.78, 5) is 13.7. The predicted octanol–water partition coefficient (Wildman–Crippen LogP) is 0.0212. The molecule has 0 saturated carbocycles. The maximum atomic E-state index is 11.6. The van der Waals surface area contributed by atoms with Gasteiger partial charge in [-0.3, -0.25) is 9.69 Å². The largest absolute Gasteiger partial charge is 0.468 e. The Morgan fingerprint density at radius 2 is 2.18 bits per heavy atom. The van der Waals surface area contributed by atoms with E-state index in [1.807, 2.05) is 0 Å². The van der Waals surface area contributed by atoms with Gasteiger partial charge < -0.3 is 14.6 Å². The summed E-state index contributed by atoms with van der Waals surface area (Å²) >= 11 is 0. The zero-order valence-corrected chi connectivity index (χ0v) is 10.3. The number of esters is 1. The molecule has 1 N–H and O–H groups in total. The van der Waals surface area contributed by atoms with Crippen LogP contribution < -0.4 is 0 Å². The first-order valence-electron chi connectivity index (χ1n) is 6.28. The van der Waals surface area contributed by atoms with Gasteiger partial charge in [0.2, 0.25) is 0 Å². The van der Waals surface area contributed by atoms with E-state index in [1.54, 1.807) is 0 Å². The van der Waals surface area contributed by atoms with Crippen LogP contribution in [0, 0.1) is 5.92 Å². The van der Waals surface area contributed by atoms with Gasteiger partial charge in [-0.15, -0.1) is 0 Å². The van der Waals surface area contributed by atoms with Crippen molar-refractivity contribution in [3.8, 4) is 0 Å². The number of hydrogen-bond acceptors (Lipinski definition) is 5. The summed E-state index contributed by atoms with van der Waals surface area (Å²) in [6, 6.07) is -0.266. The SMILES string of the molecule is COC(=O)C1CC(O)CN1CC1CCOCC1. The Kier molecular flexibility index (Phi) is 4.36. The normalized spacial score (nSPS) is 31.6. The lowest BCUT2D eigenvalue weighted by molar-refractivity contribution is -0.146. The molecule has 5 heteroatoms. The molecule has 0 spiro atoms. The summed E-state index contributed by atoms with van der Waals surface area (Å²) in [6.45, 7) is 3.06. The molecule has 0 aromatic heterocycles. The Hall–Kier alpha value is -0.650. The molecule has 0 aliphatic carbocycles. The van der Waals surface area contributed by atoms with Gasteiger partial charge in [0.05, 0.1) is 13.2 Å². The van der Waals surface area contributed by atoms with Crippen LogP contribution in [0.5, 0.6) is 0 Å². The number of aliphatic hydroxyl groups is 1. The third-order valence-electron chi connectivity index (χ3n) is 3.69. The highest BCUT2D eigenvalue weighted by Gasteiger charge is 2.37. The second kappa shape index (κ2) is 5.80. The topological polar surface area (TPSA) is 59.0 Å². The molecule has 2 saturated heterocycles. The van der Waals surface area contributed by atoms with Gasteiger partial charge in [0.1, 0.15) is 6.04 Å². The Morgan fingerprint density at radius 3 is 2.82 bits per heavy atom. The zero-order chi connectivity index (χ0) is 12.3. The van der Waals surface area contributed by atoms with Crippen molar-refractivity contribution in [2.24, 2.45) is 5.92 Å². The van der Waals surface area contributed by atoms with Crippen LogP contribution in [0.4, 0.5) is 0 Å². The number of ether oxygens (including phenoxy) is 2. The maximum absolute atomic E-state index is 11.6. The third-order valence-corrected chi connectivity index (χ3v) is 3.69. The van der Waals surface area contributed by atoms with Crippen LogP contribution in [0.25, 0.3) is 0 Å². The Labute approximate surface area is 102 Å². The maximum Gasteiger partial charge on any atom is 0.323 e. The molecular formula is C12H21NO4. The number of hydrogen-bond donors (Lipinski definition) is 1. The van der Waals surface area contributed by atoms with Crippen LogP contribution in [0.2, 0.25) is 0 Å². The molecule has 0 aromatic rings. The molecule has 2 heterocycles. The van der Waals surface area contributed by atoms with Gasteiger partial charge >= 0.3 is 5.97 Å². The molecule has 2 atom stereocenters. The van der Waals surface area contributed by atoms with Gasteiger partial charge in [0.15, 0.2) is 0 Å². The number of methoxy groups -OCH3 is 1. The number of carbonyl (C=O) groups is 1. The number of carbonyl (C=O) groups excluding carboxylic acids is 1. The average Bonchev–Trinajstić information content (AvgIpc) is 2.70. The van der Waals surface area contributed by atoms with Crippen molar-refractivity contribution in [3.63, 3.8) is 0 Å². The smallest absolute Gasteiger partial charge is 0.323 e. The highest BCUT2D eigenvalue weighted by molar-refractivity contribution is 5.76. The molecule has 0 bridgehead atoms. The van der Waals surface area contributed by atoms with Crippen LogP contribution >= 0.6 is 0 Å². The van der Waals surface area contributed by atoms with Crippen LogP contribution in [0.1, 0.15) is 19.3 Å². The fourth-order valence-corrected chi connectivity index (χ4v) is 2.72. The van der Waals surface area contributed by atoms with Gasteiger partial charge in [-0.2, -0.15) is 0 Å². The van der Waals surface area contributed by atoms with Gasteiger partial charge in [0.25, 0.3) is 0 Å². The number of likely N-dealkylation sites (tertiary alicyclic amines) is 1. The van der Waals surface area contributed by atoms with E-state index >= 15 is 0 Å². The van der Waals surface area contributed by atoms with E-state index in [4.69, 9.17) is 9.47 Å². The standard InChI is InChI=1S/C12H21NO4/c1-16-12(15)11-6-10(14)8-13(11)7-9-2-4-17-5-3-9/h9-11,14H,2-8H2,1H3. The van der Waals surface area contributed by atoms with Crippen molar-refractivity contribution in [3.05, 3.63) is 0 Å². The number of rotatable bonds is 3. The molecule has 2 fully saturated rings. The Bertz CT molecular complexity index is 265. The molecule has 98 valence electrons. The molecule has 0 amide bonds. The van der Waals surface area contributed by atoms with Crippen LogP contribution in [0.3, 0.4) is 0 Å². The zero-order valence-electron chi connectivity index (χ0n) is 10.3. The Morgan fingerprint density at radius 1 is 1.47 bits per heavy atom. The van der Waals surface area contributed by atoms with Crippen molar-refractivity contribution in [1.82, 2.24) is 4.90 Å². The lowest BCUT2D eigenvalue weighted by Crippen LogP contribution is -2.40. The first-order valence-corrected chi connectivity index (χ1v) is 6.28. The average molecular weight is 243 g/mol. The van der Waals surface area contributed by atoms with E-state index in [2.05, 4.69) is 4.90 Å². The van der Waals surface area contributed by atoms with Crippen molar-refractivity contribution >= 4 is 5.97 Å². The van der Waals surface area contributed by atoms with E-state index < -0.39 is 6.10 Å². The van der Waals surface area contributed by atoms with E-state index in [-0.39, 0.29) is 12.0 Å². The van der Waals surface area contributed by atoms with Gasteiger partial charge in [0, 0.05) is 32.7 Å². The summed E-state index contributed by atoms with van der Waals surface area (Å²) in [5, 5.41) is 9.67. The summed E-state index contributed by atoms with van der Waals surface area (Å²) in [5.41, 5.74) is 0. The minimum absolute atomic E-state index is 0.228. The van der Waals surface area contributed by atoms with Crippen molar-refractivity contribution < 1.29 is 19.4 Å². The molecule has 0 radical (unpaired) electrons. The quantitative estimate of drug-likeness (QED) is 0.708. The number of β-amino-alcohol motifs (C(OH)–C–C–N with tert-alkyl or cyclic N) is 1. The number of aliphatic hydroxyl groups excluding tert-OH is 1. The highest BCUT2D eigenvalue weighted by atomic mass is 16.5. The fraction of sp³-hybridized carbons (Fsp3) is 0.917. The molecule has 2 unspecified atom stereocenters. The summed E-state index contributed by atoms with van der Waals surface area (Å²) in [6.07, 6.45) is 2.18. The minimum Gasteiger partial charge on any atom is -0.468 e. The van der Waals surface area contributed by atoms with Crippen LogP contribution in [-0.2, 0) is 14.3 Å². The fourth-order valence-electron chi connectivity index (χ4n) is 2.72. The molecule has 2 aliphatic heterocycles. The number of nitrogens with zero attached hydrogens (tertiary/aromatic N) is 1. The minimum atomic E-state index is -0.404. The van der Waals surface area contributed by atoms with E-state index in [1.165, 1.54) is 7.11 Å². The summed E-state index contributed by atoms with van der Waals surface area (Å²) in [7, 11) is 1.40. The van der Waals surface area contributed by atoms with E-state index in [0.717, 1.165) is 32.6 Å². The second-order valence-electron chi connectivity index (χ2n) is 4.94. The molecule has 0 aromatic carbocycles. The molecule has 2 rings (SSSR count). The van der Waals surface area contributed by atoms with Crippen LogP contribution in [-0.4, -0.2) is 61.5 Å². The Balaban J connectivity index is 1.90. The highest BCUT2D eigenvalue weighted by Crippen LogP contribution is 2.24. The van der Waals surface area contributed by atoms with E-state index in [9.17, 15) is 9.90 Å². The van der Waals surface area contributed by atoms with Gasteiger partial charge in [-0.25, -0.2) is 0 Å². The summed E-state index contributed by atoms with van der Waals surface area (Å²) < 4.78 is 10.1. The van der Waals surface area contributed by atoms with Crippen molar-refractivity contribution in [2.45, 2.75) is 31.4 Å².